The Morgan fingerprint density at radius 3 is 2.71 bits per heavy atom. The van der Waals surface area contributed by atoms with Gasteiger partial charge < -0.3 is 14.6 Å². The van der Waals surface area contributed by atoms with Crippen LogP contribution in [0.4, 0.5) is 19.0 Å². The Morgan fingerprint density at radius 2 is 2.08 bits per heavy atom. The predicted molar refractivity (Wildman–Crippen MR) is 79.3 cm³/mol. The van der Waals surface area contributed by atoms with Crippen molar-refractivity contribution in [1.29, 1.82) is 0 Å². The standard InChI is InChI=1S/C15H16F3N3O3/c1-10-7-13(20-24-10)19-14(22)9-21(2)8-11-5-3-4-6-12(11)23-15(16,17)18/h3-7H,8-9H2,1-2H3,(H,19,20,22). The third kappa shape index (κ3) is 5.58. The molecular formula is C15H16F3N3O3. The molecule has 1 aromatic heterocycles. The number of alkyl halides is 3. The van der Waals surface area contributed by atoms with Gasteiger partial charge in [0.05, 0.1) is 6.54 Å². The minimum atomic E-state index is -4.77. The summed E-state index contributed by atoms with van der Waals surface area (Å²) in [6, 6.07) is 7.35. The average Bonchev–Trinajstić information content (AvgIpc) is 2.84. The number of rotatable bonds is 6. The molecule has 2 aromatic rings. The van der Waals surface area contributed by atoms with E-state index < -0.39 is 6.36 Å². The van der Waals surface area contributed by atoms with Gasteiger partial charge in [0.1, 0.15) is 11.5 Å². The molecule has 0 fully saturated rings. The van der Waals surface area contributed by atoms with E-state index >= 15 is 0 Å². The number of anilines is 1. The molecular weight excluding hydrogens is 327 g/mol. The van der Waals surface area contributed by atoms with Crippen LogP contribution in [0.2, 0.25) is 0 Å². The summed E-state index contributed by atoms with van der Waals surface area (Å²) in [5.74, 6) is 0.188. The van der Waals surface area contributed by atoms with E-state index in [2.05, 4.69) is 15.2 Å². The maximum Gasteiger partial charge on any atom is 0.573 e. The molecule has 0 aliphatic rings. The van der Waals surface area contributed by atoms with Crippen LogP contribution in [-0.4, -0.2) is 35.9 Å². The van der Waals surface area contributed by atoms with Crippen molar-refractivity contribution in [3.63, 3.8) is 0 Å². The van der Waals surface area contributed by atoms with Crippen molar-refractivity contribution < 1.29 is 27.2 Å². The van der Waals surface area contributed by atoms with Crippen molar-refractivity contribution >= 4 is 11.7 Å². The first-order chi connectivity index (χ1) is 11.2. The zero-order valence-corrected chi connectivity index (χ0v) is 13.1. The van der Waals surface area contributed by atoms with Crippen LogP contribution in [0.5, 0.6) is 5.75 Å². The topological polar surface area (TPSA) is 67.6 Å². The number of benzene rings is 1. The molecule has 0 unspecified atom stereocenters. The van der Waals surface area contributed by atoms with Crippen molar-refractivity contribution in [2.45, 2.75) is 19.8 Å². The van der Waals surface area contributed by atoms with E-state index in [4.69, 9.17) is 4.52 Å². The summed E-state index contributed by atoms with van der Waals surface area (Å²) < 4.78 is 46.0. The Morgan fingerprint density at radius 1 is 1.38 bits per heavy atom. The van der Waals surface area contributed by atoms with Crippen molar-refractivity contribution in [2.24, 2.45) is 0 Å². The first-order valence-corrected chi connectivity index (χ1v) is 6.98. The first-order valence-electron chi connectivity index (χ1n) is 6.98. The number of likely N-dealkylation sites (N-methyl/N-ethyl adjacent to an activating group) is 1. The third-order valence-electron chi connectivity index (χ3n) is 2.95. The van der Waals surface area contributed by atoms with E-state index in [0.717, 1.165) is 0 Å². The van der Waals surface area contributed by atoms with Crippen LogP contribution >= 0.6 is 0 Å². The van der Waals surface area contributed by atoms with Crippen LogP contribution < -0.4 is 10.1 Å². The fraction of sp³-hybridized carbons (Fsp3) is 0.333. The fourth-order valence-electron chi connectivity index (χ4n) is 2.06. The van der Waals surface area contributed by atoms with E-state index in [1.807, 2.05) is 0 Å². The summed E-state index contributed by atoms with van der Waals surface area (Å²) in [4.78, 5) is 13.4. The van der Waals surface area contributed by atoms with Crippen LogP contribution in [0.25, 0.3) is 0 Å². The molecule has 6 nitrogen and oxygen atoms in total. The van der Waals surface area contributed by atoms with E-state index in [1.165, 1.54) is 18.2 Å². The molecule has 0 aliphatic carbocycles. The number of nitrogens with zero attached hydrogens (tertiary/aromatic N) is 2. The second-order valence-electron chi connectivity index (χ2n) is 5.20. The molecule has 24 heavy (non-hydrogen) atoms. The molecule has 9 heteroatoms. The summed E-state index contributed by atoms with van der Waals surface area (Å²) in [6.07, 6.45) is -4.77. The number of para-hydroxylation sites is 1. The molecule has 1 heterocycles. The number of hydrogen-bond acceptors (Lipinski definition) is 5. The summed E-state index contributed by atoms with van der Waals surface area (Å²) in [5.41, 5.74) is 0.322. The number of aryl methyl sites for hydroxylation is 1. The monoisotopic (exact) mass is 343 g/mol. The molecule has 0 spiro atoms. The van der Waals surface area contributed by atoms with Crippen LogP contribution in [0.3, 0.4) is 0 Å². The van der Waals surface area contributed by atoms with Crippen LogP contribution in [-0.2, 0) is 11.3 Å². The summed E-state index contributed by atoms with van der Waals surface area (Å²) in [5, 5.41) is 6.17. The van der Waals surface area contributed by atoms with E-state index in [1.54, 1.807) is 31.0 Å². The molecule has 0 aliphatic heterocycles. The van der Waals surface area contributed by atoms with E-state index in [9.17, 15) is 18.0 Å². The zero-order valence-electron chi connectivity index (χ0n) is 13.1. The number of aromatic nitrogens is 1. The minimum Gasteiger partial charge on any atom is -0.405 e. The molecule has 0 saturated carbocycles. The Balaban J connectivity index is 1.94. The molecule has 0 bridgehead atoms. The highest BCUT2D eigenvalue weighted by Crippen LogP contribution is 2.26. The second kappa shape index (κ2) is 7.35. The molecule has 1 N–H and O–H groups in total. The fourth-order valence-corrected chi connectivity index (χ4v) is 2.06. The van der Waals surface area contributed by atoms with Crippen LogP contribution in [0.1, 0.15) is 11.3 Å². The highest BCUT2D eigenvalue weighted by molar-refractivity contribution is 5.91. The highest BCUT2D eigenvalue weighted by Gasteiger charge is 2.32. The van der Waals surface area contributed by atoms with Gasteiger partial charge >= 0.3 is 6.36 Å². The largest absolute Gasteiger partial charge is 0.573 e. The summed E-state index contributed by atoms with van der Waals surface area (Å²) in [7, 11) is 1.61. The van der Waals surface area contributed by atoms with Crippen molar-refractivity contribution in [3.05, 3.63) is 41.7 Å². The van der Waals surface area contributed by atoms with E-state index in [-0.39, 0.29) is 30.6 Å². The molecule has 1 aromatic carbocycles. The van der Waals surface area contributed by atoms with Gasteiger partial charge in [-0.3, -0.25) is 9.69 Å². The molecule has 0 atom stereocenters. The van der Waals surface area contributed by atoms with Gasteiger partial charge in [-0.25, -0.2) is 0 Å². The van der Waals surface area contributed by atoms with Gasteiger partial charge in [-0.05, 0) is 20.0 Å². The molecule has 1 amide bonds. The lowest BCUT2D eigenvalue weighted by Crippen LogP contribution is -2.30. The van der Waals surface area contributed by atoms with Crippen molar-refractivity contribution in [3.8, 4) is 5.75 Å². The van der Waals surface area contributed by atoms with E-state index in [0.29, 0.717) is 11.3 Å². The predicted octanol–water partition coefficient (Wildman–Crippen LogP) is 2.95. The molecule has 130 valence electrons. The van der Waals surface area contributed by atoms with Gasteiger partial charge in [0.2, 0.25) is 5.91 Å². The molecule has 0 saturated heterocycles. The highest BCUT2D eigenvalue weighted by atomic mass is 19.4. The van der Waals surface area contributed by atoms with Gasteiger partial charge in [-0.15, -0.1) is 13.2 Å². The number of halogens is 3. The number of nitrogens with one attached hydrogen (secondary N) is 1. The van der Waals surface area contributed by atoms with Gasteiger partial charge in [-0.1, -0.05) is 23.4 Å². The maximum atomic E-state index is 12.4. The van der Waals surface area contributed by atoms with Gasteiger partial charge in [0.15, 0.2) is 5.82 Å². The minimum absolute atomic E-state index is 0.0355. The SMILES string of the molecule is Cc1cc(NC(=O)CN(C)Cc2ccccc2OC(F)(F)F)no1. The Bertz CT molecular complexity index is 701. The number of amides is 1. The number of carbonyl (C=O) groups is 1. The number of ether oxygens (including phenoxy) is 1. The van der Waals surface area contributed by atoms with Crippen LogP contribution in [0.15, 0.2) is 34.9 Å². The third-order valence-corrected chi connectivity index (χ3v) is 2.95. The lowest BCUT2D eigenvalue weighted by atomic mass is 10.2. The Labute approximate surface area is 136 Å². The normalized spacial score (nSPS) is 11.6. The first kappa shape index (κ1) is 17.8. The quantitative estimate of drug-likeness (QED) is 0.873. The van der Waals surface area contributed by atoms with Gasteiger partial charge in [0.25, 0.3) is 0 Å². The smallest absolute Gasteiger partial charge is 0.405 e. The number of hydrogen-bond donors (Lipinski definition) is 1. The van der Waals surface area contributed by atoms with Crippen LogP contribution in [0, 0.1) is 6.92 Å². The van der Waals surface area contributed by atoms with Crippen molar-refractivity contribution in [1.82, 2.24) is 10.1 Å². The van der Waals surface area contributed by atoms with Gasteiger partial charge in [0, 0.05) is 18.2 Å². The average molecular weight is 343 g/mol. The second-order valence-corrected chi connectivity index (χ2v) is 5.20. The number of carbonyl (C=O) groups excluding carboxylic acids is 1. The molecule has 0 radical (unpaired) electrons. The van der Waals surface area contributed by atoms with Gasteiger partial charge in [-0.2, -0.15) is 0 Å². The van der Waals surface area contributed by atoms with Crippen molar-refractivity contribution in [2.75, 3.05) is 18.9 Å². The molecule has 2 rings (SSSR count). The maximum absolute atomic E-state index is 12.4. The summed E-state index contributed by atoms with van der Waals surface area (Å²) >= 11 is 0. The lowest BCUT2D eigenvalue weighted by Gasteiger charge is -2.18. The Hall–Kier alpha value is -2.55. The zero-order chi connectivity index (χ0) is 17.7. The summed E-state index contributed by atoms with van der Waals surface area (Å²) in [6.45, 7) is 1.76. The lowest BCUT2D eigenvalue weighted by molar-refractivity contribution is -0.275. The Kier molecular flexibility index (Phi) is 5.45.